The quantitative estimate of drug-likeness (QED) is 0.359. The summed E-state index contributed by atoms with van der Waals surface area (Å²) in [5.41, 5.74) is 0.626. The molecule has 0 aliphatic carbocycles. The van der Waals surface area contributed by atoms with Crippen LogP contribution >= 0.6 is 0 Å². The zero-order valence-electron chi connectivity index (χ0n) is 7.23. The Kier molecular flexibility index (Phi) is 2.43. The van der Waals surface area contributed by atoms with E-state index in [4.69, 9.17) is 5.21 Å². The van der Waals surface area contributed by atoms with E-state index in [1.54, 1.807) is 6.08 Å². The molecule has 1 heterocycles. The second-order valence-electron chi connectivity index (χ2n) is 3.27. The summed E-state index contributed by atoms with van der Waals surface area (Å²) in [5, 5.41) is 11.2. The van der Waals surface area contributed by atoms with Gasteiger partial charge in [0.05, 0.1) is 11.9 Å². The van der Waals surface area contributed by atoms with Crippen molar-refractivity contribution in [3.63, 3.8) is 0 Å². The fourth-order valence-corrected chi connectivity index (χ4v) is 0.857. The molecule has 0 spiro atoms. The van der Waals surface area contributed by atoms with Gasteiger partial charge in [0.25, 0.3) is 0 Å². The summed E-state index contributed by atoms with van der Waals surface area (Å²) in [5.74, 6) is 0. The van der Waals surface area contributed by atoms with E-state index in [1.165, 1.54) is 6.21 Å². The standard InChI is InChI=1S/C9H12N2O/c1-9(2)5-3-4-8(6-11-12)10-7-9/h3-7,12H,1-2H3/b11-6+. The first-order valence-electron chi connectivity index (χ1n) is 3.76. The van der Waals surface area contributed by atoms with Gasteiger partial charge in [-0.05, 0) is 6.08 Å². The van der Waals surface area contributed by atoms with Gasteiger partial charge in [0.15, 0.2) is 0 Å². The first kappa shape index (κ1) is 8.71. The summed E-state index contributed by atoms with van der Waals surface area (Å²) >= 11 is 0. The van der Waals surface area contributed by atoms with Crippen molar-refractivity contribution in [3.05, 3.63) is 23.9 Å². The fourth-order valence-electron chi connectivity index (χ4n) is 0.857. The zero-order valence-corrected chi connectivity index (χ0v) is 7.23. The van der Waals surface area contributed by atoms with Crippen LogP contribution < -0.4 is 0 Å². The maximum Gasteiger partial charge on any atom is 0.0917 e. The Labute approximate surface area is 71.8 Å². The van der Waals surface area contributed by atoms with Crippen molar-refractivity contribution >= 4 is 12.4 Å². The molecule has 3 heteroatoms. The van der Waals surface area contributed by atoms with Gasteiger partial charge in [-0.25, -0.2) is 0 Å². The Hall–Kier alpha value is -1.38. The minimum atomic E-state index is -0.0262. The van der Waals surface area contributed by atoms with E-state index >= 15 is 0 Å². The number of aliphatic imine (C=N–C) groups is 1. The summed E-state index contributed by atoms with van der Waals surface area (Å²) in [6, 6.07) is 0. The SMILES string of the molecule is CC1(C)C=CC=C(/C=N/O)N=C1. The van der Waals surface area contributed by atoms with Crippen LogP contribution in [0.4, 0.5) is 0 Å². The Balaban J connectivity index is 2.86. The van der Waals surface area contributed by atoms with Crippen molar-refractivity contribution in [2.75, 3.05) is 0 Å². The van der Waals surface area contributed by atoms with Gasteiger partial charge in [-0.3, -0.25) is 4.99 Å². The molecule has 12 heavy (non-hydrogen) atoms. The van der Waals surface area contributed by atoms with E-state index in [-0.39, 0.29) is 5.41 Å². The normalized spacial score (nSPS) is 21.0. The van der Waals surface area contributed by atoms with Crippen LogP contribution in [0.1, 0.15) is 13.8 Å². The molecule has 0 aromatic carbocycles. The molecule has 1 aliphatic heterocycles. The molecule has 0 aromatic heterocycles. The van der Waals surface area contributed by atoms with Crippen molar-refractivity contribution in [2.45, 2.75) is 13.8 Å². The molecule has 1 rings (SSSR count). The van der Waals surface area contributed by atoms with Gasteiger partial charge in [-0.15, -0.1) is 0 Å². The lowest BCUT2D eigenvalue weighted by molar-refractivity contribution is 0.321. The Morgan fingerprint density at radius 3 is 3.00 bits per heavy atom. The van der Waals surface area contributed by atoms with E-state index in [1.807, 2.05) is 18.4 Å². The first-order chi connectivity index (χ1) is 5.64. The molecule has 0 saturated heterocycles. The van der Waals surface area contributed by atoms with Gasteiger partial charge in [0, 0.05) is 11.6 Å². The molecular weight excluding hydrogens is 152 g/mol. The molecule has 0 unspecified atom stereocenters. The van der Waals surface area contributed by atoms with Crippen molar-refractivity contribution in [2.24, 2.45) is 15.6 Å². The lowest BCUT2D eigenvalue weighted by Gasteiger charge is -2.10. The maximum atomic E-state index is 8.27. The second-order valence-corrected chi connectivity index (χ2v) is 3.27. The third kappa shape index (κ3) is 2.34. The number of rotatable bonds is 1. The summed E-state index contributed by atoms with van der Waals surface area (Å²) < 4.78 is 0. The summed E-state index contributed by atoms with van der Waals surface area (Å²) in [4.78, 5) is 4.13. The van der Waals surface area contributed by atoms with Crippen molar-refractivity contribution < 1.29 is 5.21 Å². The lowest BCUT2D eigenvalue weighted by Crippen LogP contribution is -2.07. The highest BCUT2D eigenvalue weighted by Crippen LogP contribution is 2.17. The second kappa shape index (κ2) is 3.34. The first-order valence-corrected chi connectivity index (χ1v) is 3.76. The van der Waals surface area contributed by atoms with Crippen molar-refractivity contribution in [3.8, 4) is 0 Å². The molecule has 64 valence electrons. The summed E-state index contributed by atoms with van der Waals surface area (Å²) in [6.45, 7) is 4.11. The number of oxime groups is 1. The van der Waals surface area contributed by atoms with E-state index in [0.717, 1.165) is 0 Å². The Morgan fingerprint density at radius 1 is 1.58 bits per heavy atom. The summed E-state index contributed by atoms with van der Waals surface area (Å²) in [7, 11) is 0. The molecule has 1 aliphatic rings. The van der Waals surface area contributed by atoms with Gasteiger partial charge in [0.2, 0.25) is 0 Å². The van der Waals surface area contributed by atoms with Crippen LogP contribution in [0.5, 0.6) is 0 Å². The third-order valence-electron chi connectivity index (χ3n) is 1.53. The molecule has 0 aromatic rings. The molecule has 0 radical (unpaired) electrons. The van der Waals surface area contributed by atoms with E-state index in [2.05, 4.69) is 24.0 Å². The van der Waals surface area contributed by atoms with Gasteiger partial charge in [-0.2, -0.15) is 0 Å². The van der Waals surface area contributed by atoms with Crippen LogP contribution in [-0.4, -0.2) is 17.6 Å². The molecular formula is C9H12N2O. The number of hydrogen-bond donors (Lipinski definition) is 1. The Bertz CT molecular complexity index is 272. The van der Waals surface area contributed by atoms with Crippen molar-refractivity contribution in [1.82, 2.24) is 0 Å². The average Bonchev–Trinajstić information content (AvgIpc) is 2.14. The largest absolute Gasteiger partial charge is 0.411 e. The minimum Gasteiger partial charge on any atom is -0.411 e. The molecule has 0 saturated carbocycles. The van der Waals surface area contributed by atoms with E-state index < -0.39 is 0 Å². The van der Waals surface area contributed by atoms with Crippen LogP contribution in [0.15, 0.2) is 34.1 Å². The highest BCUT2D eigenvalue weighted by Gasteiger charge is 2.10. The maximum absolute atomic E-state index is 8.27. The van der Waals surface area contributed by atoms with Crippen LogP contribution in [-0.2, 0) is 0 Å². The van der Waals surface area contributed by atoms with Gasteiger partial charge in [-0.1, -0.05) is 31.2 Å². The number of allylic oxidation sites excluding steroid dienone is 4. The highest BCUT2D eigenvalue weighted by molar-refractivity contribution is 5.83. The van der Waals surface area contributed by atoms with Crippen LogP contribution in [0, 0.1) is 5.41 Å². The predicted molar refractivity (Wildman–Crippen MR) is 49.8 cm³/mol. The van der Waals surface area contributed by atoms with Gasteiger partial charge >= 0.3 is 0 Å². The van der Waals surface area contributed by atoms with Crippen molar-refractivity contribution in [1.29, 1.82) is 0 Å². The molecule has 0 bridgehead atoms. The number of nitrogens with zero attached hydrogens (tertiary/aromatic N) is 2. The molecule has 0 fully saturated rings. The van der Waals surface area contributed by atoms with E-state index in [0.29, 0.717) is 5.70 Å². The van der Waals surface area contributed by atoms with Crippen LogP contribution in [0.2, 0.25) is 0 Å². The molecule has 0 atom stereocenters. The van der Waals surface area contributed by atoms with Gasteiger partial charge < -0.3 is 5.21 Å². The topological polar surface area (TPSA) is 45.0 Å². The number of hydrogen-bond acceptors (Lipinski definition) is 3. The molecule has 0 amide bonds. The third-order valence-corrected chi connectivity index (χ3v) is 1.53. The van der Waals surface area contributed by atoms with E-state index in [9.17, 15) is 0 Å². The Morgan fingerprint density at radius 2 is 2.33 bits per heavy atom. The highest BCUT2D eigenvalue weighted by atomic mass is 16.4. The average molecular weight is 164 g/mol. The minimum absolute atomic E-state index is 0.0262. The zero-order chi connectivity index (χ0) is 9.03. The fraction of sp³-hybridized carbons (Fsp3) is 0.333. The molecule has 3 nitrogen and oxygen atoms in total. The van der Waals surface area contributed by atoms with Crippen LogP contribution in [0.3, 0.4) is 0 Å². The monoisotopic (exact) mass is 164 g/mol. The summed E-state index contributed by atoms with van der Waals surface area (Å²) in [6.07, 6.45) is 8.87. The van der Waals surface area contributed by atoms with Gasteiger partial charge in [0.1, 0.15) is 0 Å². The predicted octanol–water partition coefficient (Wildman–Crippen LogP) is 2.00. The smallest absolute Gasteiger partial charge is 0.0917 e. The van der Waals surface area contributed by atoms with Crippen LogP contribution in [0.25, 0.3) is 0 Å². The molecule has 1 N–H and O–H groups in total. The lowest BCUT2D eigenvalue weighted by atomic mass is 9.95.